The van der Waals surface area contributed by atoms with E-state index >= 15 is 0 Å². The summed E-state index contributed by atoms with van der Waals surface area (Å²) in [5, 5.41) is 7.72. The molecule has 0 aromatic carbocycles. The van der Waals surface area contributed by atoms with Crippen molar-refractivity contribution in [2.45, 2.75) is 12.5 Å². The average molecular weight is 252 g/mol. The topological polar surface area (TPSA) is 52.0 Å². The summed E-state index contributed by atoms with van der Waals surface area (Å²) < 4.78 is 6.96. The largest absolute Gasteiger partial charge is 0.481 e. The first kappa shape index (κ1) is 12.1. The van der Waals surface area contributed by atoms with Gasteiger partial charge in [-0.2, -0.15) is 5.10 Å². The highest BCUT2D eigenvalue weighted by atomic mass is 32.1. The molecule has 1 unspecified atom stereocenters. The monoisotopic (exact) mass is 252 g/mol. The minimum atomic E-state index is 0.186. The molecule has 0 bridgehead atoms. The Kier molecular flexibility index (Phi) is 3.75. The van der Waals surface area contributed by atoms with Gasteiger partial charge in [0.25, 0.3) is 0 Å². The first-order chi connectivity index (χ1) is 8.24. The minimum Gasteiger partial charge on any atom is -0.481 e. The third kappa shape index (κ3) is 2.65. The smallest absolute Gasteiger partial charge is 0.211 e. The Hall–Kier alpha value is -1.40. The van der Waals surface area contributed by atoms with Crippen LogP contribution in [0.3, 0.4) is 0 Å². The van der Waals surface area contributed by atoms with Crippen LogP contribution in [-0.2, 0) is 13.5 Å². The minimum absolute atomic E-state index is 0.186. The molecule has 0 radical (unpaired) electrons. The van der Waals surface area contributed by atoms with Gasteiger partial charge in [0, 0.05) is 30.6 Å². The first-order valence-corrected chi connectivity index (χ1v) is 6.25. The first-order valence-electron chi connectivity index (χ1n) is 5.37. The summed E-state index contributed by atoms with van der Waals surface area (Å²) in [4.78, 5) is 5.33. The number of methoxy groups -OCH3 is 1. The molecule has 0 fully saturated rings. The maximum atomic E-state index is 5.22. The number of hydrogen-bond acceptors (Lipinski definition) is 5. The van der Waals surface area contributed by atoms with Crippen LogP contribution in [0.4, 0.5) is 0 Å². The Labute approximate surface area is 104 Å². The van der Waals surface area contributed by atoms with E-state index < -0.39 is 0 Å². The molecule has 6 heteroatoms. The summed E-state index contributed by atoms with van der Waals surface area (Å²) in [5.74, 6) is 0.768. The summed E-state index contributed by atoms with van der Waals surface area (Å²) in [6.07, 6.45) is 2.79. The van der Waals surface area contributed by atoms with Crippen molar-refractivity contribution in [3.63, 3.8) is 0 Å². The lowest BCUT2D eigenvalue weighted by molar-refractivity contribution is 0.373. The van der Waals surface area contributed by atoms with Gasteiger partial charge in [-0.1, -0.05) is 0 Å². The van der Waals surface area contributed by atoms with Crippen LogP contribution >= 0.6 is 11.3 Å². The van der Waals surface area contributed by atoms with Crippen LogP contribution in [-0.4, -0.2) is 28.9 Å². The quantitative estimate of drug-likeness (QED) is 0.873. The molecule has 2 heterocycles. The molecular weight excluding hydrogens is 236 g/mol. The summed E-state index contributed by atoms with van der Waals surface area (Å²) in [6, 6.07) is 2.15. The predicted molar refractivity (Wildman–Crippen MR) is 67.4 cm³/mol. The fourth-order valence-electron chi connectivity index (χ4n) is 1.73. The van der Waals surface area contributed by atoms with E-state index in [2.05, 4.69) is 15.4 Å². The van der Waals surface area contributed by atoms with Crippen molar-refractivity contribution in [1.82, 2.24) is 20.1 Å². The molecule has 17 heavy (non-hydrogen) atoms. The molecule has 2 aromatic heterocycles. The lowest BCUT2D eigenvalue weighted by Gasteiger charge is -2.11. The maximum Gasteiger partial charge on any atom is 0.211 e. The van der Waals surface area contributed by atoms with Crippen LogP contribution in [0.5, 0.6) is 5.88 Å². The normalized spacial score (nSPS) is 12.6. The Bertz CT molecular complexity index is 466. The zero-order chi connectivity index (χ0) is 12.3. The molecule has 0 saturated carbocycles. The van der Waals surface area contributed by atoms with E-state index in [0.29, 0.717) is 0 Å². The van der Waals surface area contributed by atoms with E-state index in [1.165, 1.54) is 4.88 Å². The van der Waals surface area contributed by atoms with Gasteiger partial charge in [-0.15, -0.1) is 11.3 Å². The zero-order valence-corrected chi connectivity index (χ0v) is 11.0. The number of ether oxygens (including phenoxy) is 1. The number of aryl methyl sites for hydroxylation is 1. The van der Waals surface area contributed by atoms with Crippen LogP contribution in [0, 0.1) is 0 Å². The fraction of sp³-hybridized carbons (Fsp3) is 0.455. The summed E-state index contributed by atoms with van der Waals surface area (Å²) in [6.45, 7) is 0. The molecular formula is C11H16N4OS. The van der Waals surface area contributed by atoms with Crippen molar-refractivity contribution < 1.29 is 4.74 Å². The second-order valence-electron chi connectivity index (χ2n) is 3.75. The number of hydrogen-bond donors (Lipinski definition) is 1. The lowest BCUT2D eigenvalue weighted by Crippen LogP contribution is -2.19. The van der Waals surface area contributed by atoms with Gasteiger partial charge < -0.3 is 10.1 Å². The predicted octanol–water partition coefficient (Wildman–Crippen LogP) is 1.39. The van der Waals surface area contributed by atoms with E-state index in [4.69, 9.17) is 4.74 Å². The van der Waals surface area contributed by atoms with Gasteiger partial charge in [0.15, 0.2) is 0 Å². The van der Waals surface area contributed by atoms with Crippen molar-refractivity contribution in [2.75, 3.05) is 14.2 Å². The molecule has 0 aliphatic rings. The van der Waals surface area contributed by atoms with E-state index in [1.807, 2.05) is 31.9 Å². The van der Waals surface area contributed by atoms with Crippen LogP contribution in [0.25, 0.3) is 0 Å². The molecule has 0 saturated heterocycles. The molecule has 0 aliphatic heterocycles. The summed E-state index contributed by atoms with van der Waals surface area (Å²) in [7, 11) is 5.47. The number of nitrogens with zero attached hydrogens (tertiary/aromatic N) is 3. The number of rotatable bonds is 5. The van der Waals surface area contributed by atoms with Gasteiger partial charge in [-0.3, -0.25) is 4.98 Å². The standard InChI is InChI=1S/C11H16N4OS/c1-12-9(4-8-6-13-7-17-8)10-5-11(16-3)15(2)14-10/h5-7,9,12H,4H2,1-3H3. The van der Waals surface area contributed by atoms with Gasteiger partial charge >= 0.3 is 0 Å². The Morgan fingerprint density at radius 1 is 1.59 bits per heavy atom. The van der Waals surface area contributed by atoms with Crippen molar-refractivity contribution in [3.05, 3.63) is 28.3 Å². The maximum absolute atomic E-state index is 5.22. The van der Waals surface area contributed by atoms with Crippen molar-refractivity contribution >= 4 is 11.3 Å². The average Bonchev–Trinajstić information content (AvgIpc) is 2.95. The molecule has 1 atom stereocenters. The molecule has 2 rings (SSSR count). The van der Waals surface area contributed by atoms with Gasteiger partial charge in [0.1, 0.15) is 0 Å². The van der Waals surface area contributed by atoms with Crippen molar-refractivity contribution in [3.8, 4) is 5.88 Å². The Balaban J connectivity index is 2.17. The fourth-order valence-corrected chi connectivity index (χ4v) is 2.37. The molecule has 1 N–H and O–H groups in total. The van der Waals surface area contributed by atoms with Gasteiger partial charge in [0.2, 0.25) is 5.88 Å². The van der Waals surface area contributed by atoms with Crippen LogP contribution in [0.15, 0.2) is 17.8 Å². The van der Waals surface area contributed by atoms with Gasteiger partial charge in [0.05, 0.1) is 24.4 Å². The van der Waals surface area contributed by atoms with Crippen LogP contribution in [0.1, 0.15) is 16.6 Å². The van der Waals surface area contributed by atoms with Gasteiger partial charge in [-0.25, -0.2) is 4.68 Å². The van der Waals surface area contributed by atoms with Crippen molar-refractivity contribution in [1.29, 1.82) is 0 Å². The van der Waals surface area contributed by atoms with Crippen LogP contribution < -0.4 is 10.1 Å². The second-order valence-corrected chi connectivity index (χ2v) is 4.72. The number of aromatic nitrogens is 3. The van der Waals surface area contributed by atoms with Crippen LogP contribution in [0.2, 0.25) is 0 Å². The third-order valence-electron chi connectivity index (χ3n) is 2.66. The van der Waals surface area contributed by atoms with E-state index in [1.54, 1.807) is 23.1 Å². The van der Waals surface area contributed by atoms with E-state index in [0.717, 1.165) is 18.0 Å². The summed E-state index contributed by atoms with van der Waals surface area (Å²) in [5.41, 5.74) is 2.83. The molecule has 0 aliphatic carbocycles. The van der Waals surface area contributed by atoms with Crippen molar-refractivity contribution in [2.24, 2.45) is 7.05 Å². The SMILES string of the molecule is CNC(Cc1cncs1)c1cc(OC)n(C)n1. The molecule has 2 aromatic rings. The van der Waals surface area contributed by atoms with E-state index in [-0.39, 0.29) is 6.04 Å². The highest BCUT2D eigenvalue weighted by molar-refractivity contribution is 7.09. The van der Waals surface area contributed by atoms with E-state index in [9.17, 15) is 0 Å². The number of thiazole rings is 1. The highest BCUT2D eigenvalue weighted by Crippen LogP contribution is 2.22. The lowest BCUT2D eigenvalue weighted by atomic mass is 10.1. The molecule has 5 nitrogen and oxygen atoms in total. The molecule has 0 spiro atoms. The van der Waals surface area contributed by atoms with Gasteiger partial charge in [-0.05, 0) is 7.05 Å². The third-order valence-corrected chi connectivity index (χ3v) is 3.46. The summed E-state index contributed by atoms with van der Waals surface area (Å²) >= 11 is 1.66. The Morgan fingerprint density at radius 2 is 2.41 bits per heavy atom. The highest BCUT2D eigenvalue weighted by Gasteiger charge is 2.16. The Morgan fingerprint density at radius 3 is 2.94 bits per heavy atom. The second kappa shape index (κ2) is 5.29. The number of nitrogens with one attached hydrogen (secondary N) is 1. The molecule has 92 valence electrons. The zero-order valence-electron chi connectivity index (χ0n) is 10.2. The molecule has 0 amide bonds. The number of likely N-dealkylation sites (N-methyl/N-ethyl adjacent to an activating group) is 1.